The summed E-state index contributed by atoms with van der Waals surface area (Å²) in [6.07, 6.45) is 0.606. The molecular weight excluding hydrogens is 393 g/mol. The Bertz CT molecular complexity index is 989. The molecule has 1 heterocycles. The molecule has 0 aliphatic heterocycles. The third kappa shape index (κ3) is 5.00. The molecule has 1 fully saturated rings. The zero-order valence-electron chi connectivity index (χ0n) is 16.1. The van der Waals surface area contributed by atoms with Crippen LogP contribution < -0.4 is 15.4 Å². The first-order valence-corrected chi connectivity index (χ1v) is 9.77. The van der Waals surface area contributed by atoms with Gasteiger partial charge in [0.25, 0.3) is 0 Å². The van der Waals surface area contributed by atoms with Gasteiger partial charge in [0.1, 0.15) is 17.1 Å². The monoisotopic (exact) mass is 414 g/mol. The van der Waals surface area contributed by atoms with E-state index in [4.69, 9.17) is 4.74 Å². The van der Waals surface area contributed by atoms with E-state index in [-0.39, 0.29) is 17.9 Å². The van der Waals surface area contributed by atoms with Gasteiger partial charge in [-0.05, 0) is 49.9 Å². The van der Waals surface area contributed by atoms with Crippen molar-refractivity contribution in [3.05, 3.63) is 66.4 Å². The van der Waals surface area contributed by atoms with Crippen LogP contribution in [-0.2, 0) is 6.18 Å². The van der Waals surface area contributed by atoms with Gasteiger partial charge in [-0.15, -0.1) is 0 Å². The van der Waals surface area contributed by atoms with Gasteiger partial charge in [0.15, 0.2) is 0 Å². The highest BCUT2D eigenvalue weighted by Gasteiger charge is 2.35. The minimum atomic E-state index is -4.59. The lowest BCUT2D eigenvalue weighted by Gasteiger charge is -2.16. The van der Waals surface area contributed by atoms with Gasteiger partial charge in [0.2, 0.25) is 5.95 Å². The molecule has 3 aromatic rings. The van der Waals surface area contributed by atoms with E-state index in [9.17, 15) is 13.2 Å². The average Bonchev–Trinajstić information content (AvgIpc) is 3.21. The summed E-state index contributed by atoms with van der Waals surface area (Å²) in [6.45, 7) is 0. The Morgan fingerprint density at radius 2 is 1.63 bits per heavy atom. The van der Waals surface area contributed by atoms with Crippen LogP contribution in [0, 0.1) is 0 Å². The zero-order chi connectivity index (χ0) is 21.0. The normalized spacial score (nSPS) is 14.5. The summed E-state index contributed by atoms with van der Waals surface area (Å²) in [5.74, 6) is 0.362. The van der Waals surface area contributed by atoms with E-state index in [1.165, 1.54) is 0 Å². The van der Waals surface area contributed by atoms with Crippen molar-refractivity contribution in [1.29, 1.82) is 0 Å². The van der Waals surface area contributed by atoms with Gasteiger partial charge in [0.05, 0.1) is 6.10 Å². The van der Waals surface area contributed by atoms with Gasteiger partial charge >= 0.3 is 6.18 Å². The standard InChI is InChI=1S/C22H21F3N4O/c23-22(24,25)19-14-26-21(28-15-7-2-1-3-8-15)29-20(19)27-16-9-6-12-18(13-16)30-17-10-4-5-11-17/h1-3,6-9,12-14,17H,4-5,10-11H2,(H2,26,27,28,29). The maximum absolute atomic E-state index is 13.5. The molecule has 0 atom stereocenters. The van der Waals surface area contributed by atoms with Crippen molar-refractivity contribution in [1.82, 2.24) is 9.97 Å². The maximum Gasteiger partial charge on any atom is 0.421 e. The molecule has 1 saturated carbocycles. The summed E-state index contributed by atoms with van der Waals surface area (Å²) in [6, 6.07) is 15.9. The highest BCUT2D eigenvalue weighted by Crippen LogP contribution is 2.36. The molecule has 30 heavy (non-hydrogen) atoms. The predicted octanol–water partition coefficient (Wildman–Crippen LogP) is 6.30. The molecule has 2 aromatic carbocycles. The molecule has 0 spiro atoms. The Morgan fingerprint density at radius 1 is 0.900 bits per heavy atom. The van der Waals surface area contributed by atoms with Crippen LogP contribution in [0.5, 0.6) is 5.75 Å². The number of rotatable bonds is 6. The number of hydrogen-bond donors (Lipinski definition) is 2. The van der Waals surface area contributed by atoms with Crippen LogP contribution in [0.15, 0.2) is 60.8 Å². The smallest absolute Gasteiger partial charge is 0.421 e. The molecule has 0 bridgehead atoms. The van der Waals surface area contributed by atoms with E-state index in [1.54, 1.807) is 48.5 Å². The van der Waals surface area contributed by atoms with E-state index in [0.29, 0.717) is 17.1 Å². The molecule has 0 amide bonds. The van der Waals surface area contributed by atoms with Crippen molar-refractivity contribution < 1.29 is 17.9 Å². The summed E-state index contributed by atoms with van der Waals surface area (Å²) >= 11 is 0. The largest absolute Gasteiger partial charge is 0.490 e. The molecule has 0 saturated heterocycles. The van der Waals surface area contributed by atoms with E-state index >= 15 is 0 Å². The fourth-order valence-electron chi connectivity index (χ4n) is 3.38. The van der Waals surface area contributed by atoms with E-state index in [1.807, 2.05) is 6.07 Å². The van der Waals surface area contributed by atoms with E-state index in [2.05, 4.69) is 20.6 Å². The van der Waals surface area contributed by atoms with Crippen LogP contribution in [0.4, 0.5) is 36.3 Å². The molecule has 1 aliphatic carbocycles. The third-order valence-corrected chi connectivity index (χ3v) is 4.83. The van der Waals surface area contributed by atoms with Crippen molar-refractivity contribution in [3.8, 4) is 5.75 Å². The molecule has 1 aromatic heterocycles. The van der Waals surface area contributed by atoms with Crippen LogP contribution in [0.25, 0.3) is 0 Å². The average molecular weight is 414 g/mol. The van der Waals surface area contributed by atoms with Crippen LogP contribution in [-0.4, -0.2) is 16.1 Å². The van der Waals surface area contributed by atoms with E-state index < -0.39 is 11.7 Å². The molecule has 2 N–H and O–H groups in total. The fraction of sp³-hybridized carbons (Fsp3) is 0.273. The van der Waals surface area contributed by atoms with Crippen molar-refractivity contribution in [2.24, 2.45) is 0 Å². The van der Waals surface area contributed by atoms with Crippen molar-refractivity contribution in [2.45, 2.75) is 38.0 Å². The molecule has 0 radical (unpaired) electrons. The number of para-hydroxylation sites is 1. The first kappa shape index (κ1) is 20.0. The van der Waals surface area contributed by atoms with Crippen molar-refractivity contribution >= 4 is 23.1 Å². The molecular formula is C22H21F3N4O. The Labute approximate surface area is 172 Å². The number of aromatic nitrogens is 2. The van der Waals surface area contributed by atoms with Gasteiger partial charge in [-0.1, -0.05) is 24.3 Å². The van der Waals surface area contributed by atoms with Crippen molar-refractivity contribution in [3.63, 3.8) is 0 Å². The molecule has 4 rings (SSSR count). The summed E-state index contributed by atoms with van der Waals surface area (Å²) in [7, 11) is 0. The second-order valence-electron chi connectivity index (χ2n) is 7.12. The lowest BCUT2D eigenvalue weighted by molar-refractivity contribution is -0.137. The topological polar surface area (TPSA) is 59.1 Å². The van der Waals surface area contributed by atoms with Gasteiger partial charge in [-0.3, -0.25) is 0 Å². The third-order valence-electron chi connectivity index (χ3n) is 4.83. The number of halogens is 3. The number of nitrogens with zero attached hydrogens (tertiary/aromatic N) is 2. The van der Waals surface area contributed by atoms with Crippen molar-refractivity contribution in [2.75, 3.05) is 10.6 Å². The van der Waals surface area contributed by atoms with Gasteiger partial charge < -0.3 is 15.4 Å². The second kappa shape index (κ2) is 8.61. The maximum atomic E-state index is 13.5. The Morgan fingerprint density at radius 3 is 2.37 bits per heavy atom. The Kier molecular flexibility index (Phi) is 5.74. The lowest BCUT2D eigenvalue weighted by atomic mass is 10.2. The zero-order valence-corrected chi connectivity index (χ0v) is 16.1. The number of benzene rings is 2. The molecule has 8 heteroatoms. The lowest BCUT2D eigenvalue weighted by Crippen LogP contribution is -2.13. The van der Waals surface area contributed by atoms with Gasteiger partial charge in [-0.2, -0.15) is 18.2 Å². The summed E-state index contributed by atoms with van der Waals surface area (Å²) in [5.41, 5.74) is 0.193. The fourth-order valence-corrected chi connectivity index (χ4v) is 3.38. The predicted molar refractivity (Wildman–Crippen MR) is 109 cm³/mol. The second-order valence-corrected chi connectivity index (χ2v) is 7.12. The summed E-state index contributed by atoms with van der Waals surface area (Å²) < 4.78 is 46.4. The van der Waals surface area contributed by atoms with E-state index in [0.717, 1.165) is 31.9 Å². The number of nitrogens with one attached hydrogen (secondary N) is 2. The van der Waals surface area contributed by atoms with Crippen LogP contribution in [0.2, 0.25) is 0 Å². The summed E-state index contributed by atoms with van der Waals surface area (Å²) in [4.78, 5) is 7.89. The van der Waals surface area contributed by atoms with Crippen LogP contribution in [0.1, 0.15) is 31.2 Å². The quantitative estimate of drug-likeness (QED) is 0.495. The Balaban J connectivity index is 1.59. The van der Waals surface area contributed by atoms with Gasteiger partial charge in [-0.25, -0.2) is 4.98 Å². The first-order valence-electron chi connectivity index (χ1n) is 9.77. The highest BCUT2D eigenvalue weighted by molar-refractivity contribution is 5.63. The number of ether oxygens (including phenoxy) is 1. The number of anilines is 4. The van der Waals surface area contributed by atoms with Gasteiger partial charge in [0, 0.05) is 23.6 Å². The number of alkyl halides is 3. The van der Waals surface area contributed by atoms with Crippen LogP contribution >= 0.6 is 0 Å². The molecule has 156 valence electrons. The highest BCUT2D eigenvalue weighted by atomic mass is 19.4. The van der Waals surface area contributed by atoms with Crippen LogP contribution in [0.3, 0.4) is 0 Å². The first-order chi connectivity index (χ1) is 14.5. The minimum absolute atomic E-state index is 0.0649. The summed E-state index contributed by atoms with van der Waals surface area (Å²) in [5, 5.41) is 5.69. The molecule has 0 unspecified atom stereocenters. The minimum Gasteiger partial charge on any atom is -0.490 e. The Hall–Kier alpha value is -3.29. The SMILES string of the molecule is FC(F)(F)c1cnc(Nc2ccccc2)nc1Nc1cccc(OC2CCCC2)c1. The molecule has 1 aliphatic rings. The number of hydrogen-bond acceptors (Lipinski definition) is 5. The molecule has 5 nitrogen and oxygen atoms in total.